The maximum Gasteiger partial charge on any atom is 0.120 e. The standard InChI is InChI=1S/C17H16N2OS/c1-11(10-18)12-4-6-14-16(8-12)21-17-9-13(20-3)5-7-15(17)19(14)2/h4-9,11H,1-3H3. The van der Waals surface area contributed by atoms with E-state index in [1.54, 1.807) is 18.9 Å². The maximum atomic E-state index is 9.09. The van der Waals surface area contributed by atoms with Crippen molar-refractivity contribution in [1.82, 2.24) is 0 Å². The third-order valence-corrected chi connectivity index (χ3v) is 4.88. The highest BCUT2D eigenvalue weighted by molar-refractivity contribution is 7.99. The molecule has 1 heterocycles. The number of ether oxygens (including phenoxy) is 1. The second-order valence-electron chi connectivity index (χ2n) is 5.07. The van der Waals surface area contributed by atoms with Crippen molar-refractivity contribution < 1.29 is 4.74 Å². The second kappa shape index (κ2) is 5.34. The van der Waals surface area contributed by atoms with Gasteiger partial charge in [-0.15, -0.1) is 0 Å². The van der Waals surface area contributed by atoms with Gasteiger partial charge < -0.3 is 9.64 Å². The van der Waals surface area contributed by atoms with Crippen LogP contribution < -0.4 is 9.64 Å². The van der Waals surface area contributed by atoms with E-state index in [2.05, 4.69) is 42.3 Å². The lowest BCUT2D eigenvalue weighted by atomic mass is 10.0. The molecule has 0 fully saturated rings. The van der Waals surface area contributed by atoms with Crippen LogP contribution in [0.2, 0.25) is 0 Å². The molecule has 3 rings (SSSR count). The molecule has 1 aliphatic heterocycles. The Morgan fingerprint density at radius 3 is 2.48 bits per heavy atom. The van der Waals surface area contributed by atoms with Crippen LogP contribution in [0, 0.1) is 11.3 Å². The Morgan fingerprint density at radius 2 is 1.81 bits per heavy atom. The van der Waals surface area contributed by atoms with E-state index in [9.17, 15) is 0 Å². The molecule has 0 aliphatic carbocycles. The molecule has 4 heteroatoms. The lowest BCUT2D eigenvalue weighted by Crippen LogP contribution is -2.14. The summed E-state index contributed by atoms with van der Waals surface area (Å²) in [4.78, 5) is 4.53. The van der Waals surface area contributed by atoms with Crippen molar-refractivity contribution in [3.63, 3.8) is 0 Å². The minimum absolute atomic E-state index is 0.0899. The molecule has 3 nitrogen and oxygen atoms in total. The summed E-state index contributed by atoms with van der Waals surface area (Å²) in [6.07, 6.45) is 0. The van der Waals surface area contributed by atoms with Gasteiger partial charge in [-0.2, -0.15) is 5.26 Å². The Labute approximate surface area is 129 Å². The fourth-order valence-corrected chi connectivity index (χ4v) is 3.69. The van der Waals surface area contributed by atoms with Gasteiger partial charge in [-0.3, -0.25) is 0 Å². The van der Waals surface area contributed by atoms with E-state index in [-0.39, 0.29) is 5.92 Å². The lowest BCUT2D eigenvalue weighted by Gasteiger charge is -2.30. The summed E-state index contributed by atoms with van der Waals surface area (Å²) in [7, 11) is 3.75. The van der Waals surface area contributed by atoms with Crippen LogP contribution in [0.3, 0.4) is 0 Å². The van der Waals surface area contributed by atoms with Crippen LogP contribution >= 0.6 is 11.8 Å². The number of benzene rings is 2. The highest BCUT2D eigenvalue weighted by atomic mass is 32.2. The molecule has 0 bridgehead atoms. The van der Waals surface area contributed by atoms with Crippen LogP contribution in [0.1, 0.15) is 18.4 Å². The Morgan fingerprint density at radius 1 is 1.14 bits per heavy atom. The number of hydrogen-bond acceptors (Lipinski definition) is 4. The zero-order chi connectivity index (χ0) is 15.0. The summed E-state index contributed by atoms with van der Waals surface area (Å²) in [5.41, 5.74) is 3.41. The molecule has 106 valence electrons. The zero-order valence-corrected chi connectivity index (χ0v) is 13.1. The molecule has 0 radical (unpaired) electrons. The minimum atomic E-state index is -0.0899. The number of nitriles is 1. The number of methoxy groups -OCH3 is 1. The molecule has 0 aromatic heterocycles. The Kier molecular flexibility index (Phi) is 3.52. The number of rotatable bonds is 2. The molecule has 0 saturated heterocycles. The predicted molar refractivity (Wildman–Crippen MR) is 85.7 cm³/mol. The van der Waals surface area contributed by atoms with Crippen molar-refractivity contribution in [2.24, 2.45) is 0 Å². The first-order valence-corrected chi connectivity index (χ1v) is 7.59. The van der Waals surface area contributed by atoms with Crippen LogP contribution in [0.5, 0.6) is 5.75 Å². The molecule has 1 atom stereocenters. The van der Waals surface area contributed by atoms with Crippen molar-refractivity contribution in [2.75, 3.05) is 19.1 Å². The van der Waals surface area contributed by atoms with Crippen LogP contribution in [0.4, 0.5) is 11.4 Å². The van der Waals surface area contributed by atoms with E-state index >= 15 is 0 Å². The number of anilines is 2. The number of nitrogens with zero attached hydrogens (tertiary/aromatic N) is 2. The highest BCUT2D eigenvalue weighted by Crippen LogP contribution is 2.49. The van der Waals surface area contributed by atoms with E-state index in [1.807, 2.05) is 19.1 Å². The summed E-state index contributed by atoms with van der Waals surface area (Å²) in [5, 5.41) is 9.09. The van der Waals surface area contributed by atoms with Crippen molar-refractivity contribution in [3.8, 4) is 11.8 Å². The van der Waals surface area contributed by atoms with Crippen LogP contribution in [0.25, 0.3) is 0 Å². The molecular weight excluding hydrogens is 280 g/mol. The van der Waals surface area contributed by atoms with Gasteiger partial charge in [0.05, 0.1) is 30.5 Å². The second-order valence-corrected chi connectivity index (χ2v) is 6.16. The van der Waals surface area contributed by atoms with Crippen molar-refractivity contribution in [3.05, 3.63) is 42.0 Å². The molecule has 2 aromatic rings. The summed E-state index contributed by atoms with van der Waals surface area (Å²) < 4.78 is 5.31. The summed E-state index contributed by atoms with van der Waals surface area (Å²) in [6, 6.07) is 14.7. The molecule has 21 heavy (non-hydrogen) atoms. The average molecular weight is 296 g/mol. The predicted octanol–water partition coefficient (Wildman–Crippen LogP) is 4.55. The van der Waals surface area contributed by atoms with Gasteiger partial charge in [-0.05, 0) is 42.8 Å². The van der Waals surface area contributed by atoms with Crippen LogP contribution in [-0.4, -0.2) is 14.2 Å². The van der Waals surface area contributed by atoms with Gasteiger partial charge in [0, 0.05) is 16.8 Å². The van der Waals surface area contributed by atoms with Gasteiger partial charge in [-0.25, -0.2) is 0 Å². The molecular formula is C17H16N2OS. The third-order valence-electron chi connectivity index (χ3n) is 3.79. The summed E-state index contributed by atoms with van der Waals surface area (Å²) in [6.45, 7) is 1.93. The molecule has 2 aromatic carbocycles. The first-order valence-electron chi connectivity index (χ1n) is 6.77. The SMILES string of the molecule is COc1ccc2c(c1)Sc1cc(C(C)C#N)ccc1N2C. The van der Waals surface area contributed by atoms with Gasteiger partial charge in [0.1, 0.15) is 5.75 Å². The van der Waals surface area contributed by atoms with Gasteiger partial charge in [-0.1, -0.05) is 17.8 Å². The van der Waals surface area contributed by atoms with Crippen molar-refractivity contribution in [1.29, 1.82) is 5.26 Å². The topological polar surface area (TPSA) is 36.3 Å². The van der Waals surface area contributed by atoms with E-state index in [0.717, 1.165) is 11.3 Å². The molecule has 0 amide bonds. The lowest BCUT2D eigenvalue weighted by molar-refractivity contribution is 0.413. The molecule has 0 spiro atoms. The Bertz CT molecular complexity index is 736. The van der Waals surface area contributed by atoms with E-state index in [0.29, 0.717) is 0 Å². The van der Waals surface area contributed by atoms with Crippen LogP contribution in [0.15, 0.2) is 46.2 Å². The molecule has 0 N–H and O–H groups in total. The van der Waals surface area contributed by atoms with Crippen LogP contribution in [-0.2, 0) is 0 Å². The fourth-order valence-electron chi connectivity index (χ4n) is 2.46. The smallest absolute Gasteiger partial charge is 0.120 e. The van der Waals surface area contributed by atoms with Gasteiger partial charge in [0.2, 0.25) is 0 Å². The first-order chi connectivity index (χ1) is 10.1. The van der Waals surface area contributed by atoms with Gasteiger partial charge in [0.25, 0.3) is 0 Å². The number of hydrogen-bond donors (Lipinski definition) is 0. The molecule has 1 unspecified atom stereocenters. The normalized spacial score (nSPS) is 13.9. The monoisotopic (exact) mass is 296 g/mol. The fraction of sp³-hybridized carbons (Fsp3) is 0.235. The highest BCUT2D eigenvalue weighted by Gasteiger charge is 2.22. The van der Waals surface area contributed by atoms with Crippen molar-refractivity contribution in [2.45, 2.75) is 22.6 Å². The quantitative estimate of drug-likeness (QED) is 0.814. The van der Waals surface area contributed by atoms with E-state index in [4.69, 9.17) is 10.00 Å². The minimum Gasteiger partial charge on any atom is -0.497 e. The molecule has 0 saturated carbocycles. The summed E-state index contributed by atoms with van der Waals surface area (Å²) in [5.74, 6) is 0.771. The zero-order valence-electron chi connectivity index (χ0n) is 12.3. The van der Waals surface area contributed by atoms with Gasteiger partial charge >= 0.3 is 0 Å². The van der Waals surface area contributed by atoms with Crippen molar-refractivity contribution >= 4 is 23.1 Å². The first kappa shape index (κ1) is 13.8. The van der Waals surface area contributed by atoms with E-state index < -0.39 is 0 Å². The Hall–Kier alpha value is -2.12. The summed E-state index contributed by atoms with van der Waals surface area (Å²) >= 11 is 1.73. The van der Waals surface area contributed by atoms with Gasteiger partial charge in [0.15, 0.2) is 0 Å². The molecule has 1 aliphatic rings. The maximum absolute atomic E-state index is 9.09. The Balaban J connectivity index is 2.06. The number of fused-ring (bicyclic) bond motifs is 2. The third kappa shape index (κ3) is 2.34. The largest absolute Gasteiger partial charge is 0.497 e. The average Bonchev–Trinajstić information content (AvgIpc) is 2.53. The van der Waals surface area contributed by atoms with E-state index in [1.165, 1.54) is 21.2 Å².